The summed E-state index contributed by atoms with van der Waals surface area (Å²) in [6, 6.07) is 9.59. The molecule has 1 heterocycles. The fourth-order valence-electron chi connectivity index (χ4n) is 1.86. The first-order valence-electron chi connectivity index (χ1n) is 7.19. The minimum absolute atomic E-state index is 0.0474. The molecule has 24 heavy (non-hydrogen) atoms. The molecule has 0 radical (unpaired) electrons. The summed E-state index contributed by atoms with van der Waals surface area (Å²) < 4.78 is 18.3. The number of carbonyl (C=O) groups excluding carboxylic acids is 1. The lowest BCUT2D eigenvalue weighted by Gasteiger charge is -2.07. The van der Waals surface area contributed by atoms with E-state index in [9.17, 15) is 9.18 Å². The number of halogens is 1. The smallest absolute Gasteiger partial charge is 0.269 e. The number of oxime groups is 1. The lowest BCUT2D eigenvalue weighted by atomic mass is 10.1. The van der Waals surface area contributed by atoms with Gasteiger partial charge in [-0.25, -0.2) is 4.39 Å². The molecule has 2 aromatic rings. The van der Waals surface area contributed by atoms with Crippen molar-refractivity contribution in [3.8, 4) is 0 Å². The number of amides is 1. The maximum atomic E-state index is 13.1. The SMILES string of the molecule is O=C(NCCSSCc1ccco1)/C(Cc1cccc(F)c1)=N/O. The summed E-state index contributed by atoms with van der Waals surface area (Å²) in [7, 11) is 3.24. The first-order valence-corrected chi connectivity index (χ1v) is 9.68. The molecule has 0 fully saturated rings. The van der Waals surface area contributed by atoms with Gasteiger partial charge >= 0.3 is 0 Å². The number of benzene rings is 1. The van der Waals surface area contributed by atoms with Crippen LogP contribution in [0.15, 0.2) is 52.2 Å². The highest BCUT2D eigenvalue weighted by molar-refractivity contribution is 8.76. The topological polar surface area (TPSA) is 74.8 Å². The average molecular weight is 368 g/mol. The van der Waals surface area contributed by atoms with Gasteiger partial charge in [-0.2, -0.15) is 0 Å². The van der Waals surface area contributed by atoms with Crippen LogP contribution in [0.3, 0.4) is 0 Å². The van der Waals surface area contributed by atoms with Gasteiger partial charge in [-0.3, -0.25) is 4.79 Å². The second-order valence-corrected chi connectivity index (χ2v) is 7.36. The number of hydrogen-bond donors (Lipinski definition) is 2. The normalized spacial score (nSPS) is 11.5. The maximum absolute atomic E-state index is 13.1. The number of hydrogen-bond acceptors (Lipinski definition) is 6. The van der Waals surface area contributed by atoms with E-state index in [0.717, 1.165) is 11.5 Å². The van der Waals surface area contributed by atoms with Crippen LogP contribution in [0.1, 0.15) is 11.3 Å². The Labute approximate surface area is 147 Å². The Morgan fingerprint density at radius 1 is 1.29 bits per heavy atom. The first kappa shape index (κ1) is 18.4. The van der Waals surface area contributed by atoms with Crippen LogP contribution in [0.4, 0.5) is 4.39 Å². The first-order chi connectivity index (χ1) is 11.7. The maximum Gasteiger partial charge on any atom is 0.269 e. The minimum Gasteiger partial charge on any atom is -0.468 e. The van der Waals surface area contributed by atoms with Crippen molar-refractivity contribution in [2.45, 2.75) is 12.2 Å². The van der Waals surface area contributed by atoms with E-state index in [-0.39, 0.29) is 12.1 Å². The van der Waals surface area contributed by atoms with E-state index >= 15 is 0 Å². The molecule has 0 bridgehead atoms. The van der Waals surface area contributed by atoms with Gasteiger partial charge in [-0.05, 0) is 29.8 Å². The number of furan rings is 1. The molecule has 0 saturated carbocycles. The number of nitrogens with zero attached hydrogens (tertiary/aromatic N) is 1. The highest BCUT2D eigenvalue weighted by atomic mass is 33.1. The Bertz CT molecular complexity index is 678. The summed E-state index contributed by atoms with van der Waals surface area (Å²) in [6.07, 6.45) is 1.70. The van der Waals surface area contributed by atoms with Crippen LogP contribution in [0.2, 0.25) is 0 Å². The van der Waals surface area contributed by atoms with Gasteiger partial charge in [0.25, 0.3) is 5.91 Å². The van der Waals surface area contributed by atoms with Gasteiger partial charge in [-0.1, -0.05) is 38.9 Å². The van der Waals surface area contributed by atoms with E-state index in [1.165, 1.54) is 12.1 Å². The molecule has 0 aliphatic heterocycles. The highest BCUT2D eigenvalue weighted by Crippen LogP contribution is 2.25. The van der Waals surface area contributed by atoms with Gasteiger partial charge in [0.15, 0.2) is 0 Å². The Balaban J connectivity index is 1.66. The van der Waals surface area contributed by atoms with Crippen LogP contribution >= 0.6 is 21.6 Å². The van der Waals surface area contributed by atoms with Crippen molar-refractivity contribution in [1.29, 1.82) is 0 Å². The average Bonchev–Trinajstić information content (AvgIpc) is 3.09. The lowest BCUT2D eigenvalue weighted by molar-refractivity contribution is -0.114. The van der Waals surface area contributed by atoms with Crippen LogP contribution in [-0.2, 0) is 17.0 Å². The fourth-order valence-corrected chi connectivity index (χ4v) is 3.73. The quantitative estimate of drug-likeness (QED) is 0.233. The van der Waals surface area contributed by atoms with E-state index in [0.29, 0.717) is 17.9 Å². The molecule has 0 unspecified atom stereocenters. The van der Waals surface area contributed by atoms with Gasteiger partial charge in [0.1, 0.15) is 17.3 Å². The number of nitrogens with one attached hydrogen (secondary N) is 1. The second kappa shape index (κ2) is 10.0. The zero-order valence-electron chi connectivity index (χ0n) is 12.8. The molecule has 0 spiro atoms. The molecule has 0 aliphatic rings. The Hall–Kier alpha value is -1.93. The van der Waals surface area contributed by atoms with Crippen molar-refractivity contribution in [3.63, 3.8) is 0 Å². The third-order valence-corrected chi connectivity index (χ3v) is 5.27. The number of carbonyl (C=O) groups is 1. The van der Waals surface area contributed by atoms with Crippen molar-refractivity contribution >= 4 is 33.2 Å². The van der Waals surface area contributed by atoms with Gasteiger partial charge in [0.05, 0.1) is 12.0 Å². The van der Waals surface area contributed by atoms with Gasteiger partial charge in [-0.15, -0.1) is 0 Å². The molecular formula is C16H17FN2O3S2. The molecule has 128 valence electrons. The molecule has 2 N–H and O–H groups in total. The summed E-state index contributed by atoms with van der Waals surface area (Å²) in [5, 5.41) is 14.7. The molecule has 5 nitrogen and oxygen atoms in total. The van der Waals surface area contributed by atoms with Crippen molar-refractivity contribution in [1.82, 2.24) is 5.32 Å². The zero-order valence-corrected chi connectivity index (χ0v) is 14.4. The summed E-state index contributed by atoms with van der Waals surface area (Å²) in [5.41, 5.74) is 0.523. The van der Waals surface area contributed by atoms with E-state index < -0.39 is 11.7 Å². The van der Waals surface area contributed by atoms with E-state index in [4.69, 9.17) is 9.62 Å². The summed E-state index contributed by atoms with van der Waals surface area (Å²) in [5.74, 6) is 1.51. The zero-order chi connectivity index (χ0) is 17.2. The monoisotopic (exact) mass is 368 g/mol. The molecule has 0 atom stereocenters. The van der Waals surface area contributed by atoms with Crippen LogP contribution in [0.25, 0.3) is 0 Å². The Kier molecular flexibility index (Phi) is 7.70. The Morgan fingerprint density at radius 2 is 2.17 bits per heavy atom. The van der Waals surface area contributed by atoms with Gasteiger partial charge in [0.2, 0.25) is 0 Å². The van der Waals surface area contributed by atoms with Crippen molar-refractivity contribution < 1.29 is 18.8 Å². The Morgan fingerprint density at radius 3 is 2.88 bits per heavy atom. The van der Waals surface area contributed by atoms with E-state index in [2.05, 4.69) is 10.5 Å². The van der Waals surface area contributed by atoms with Gasteiger partial charge in [0, 0.05) is 18.7 Å². The van der Waals surface area contributed by atoms with Crippen molar-refractivity contribution in [2.24, 2.45) is 5.16 Å². The highest BCUT2D eigenvalue weighted by Gasteiger charge is 2.13. The molecule has 1 amide bonds. The van der Waals surface area contributed by atoms with Crippen LogP contribution in [0, 0.1) is 5.82 Å². The predicted octanol–water partition coefficient (Wildman–Crippen LogP) is 3.49. The molecule has 1 aromatic heterocycles. The molecule has 8 heteroatoms. The second-order valence-electron chi connectivity index (χ2n) is 4.77. The fraction of sp³-hybridized carbons (Fsp3) is 0.250. The van der Waals surface area contributed by atoms with E-state index in [1.807, 2.05) is 12.1 Å². The largest absolute Gasteiger partial charge is 0.468 e. The van der Waals surface area contributed by atoms with Crippen molar-refractivity contribution in [2.75, 3.05) is 12.3 Å². The lowest BCUT2D eigenvalue weighted by Crippen LogP contribution is -2.33. The third kappa shape index (κ3) is 6.29. The standard InChI is InChI=1S/C16H17FN2O3S2/c17-13-4-1-3-12(9-13)10-15(19-21)16(20)18-6-8-23-24-11-14-5-2-7-22-14/h1-5,7,9,21H,6,8,10-11H2,(H,18,20)/b19-15+. The van der Waals surface area contributed by atoms with Crippen LogP contribution in [-0.4, -0.2) is 29.1 Å². The molecule has 2 rings (SSSR count). The minimum atomic E-state index is -0.460. The van der Waals surface area contributed by atoms with Gasteiger partial charge < -0.3 is 14.9 Å². The predicted molar refractivity (Wildman–Crippen MR) is 94.8 cm³/mol. The van der Waals surface area contributed by atoms with E-state index in [1.54, 1.807) is 40.0 Å². The summed E-state index contributed by atoms with van der Waals surface area (Å²) in [6.45, 7) is 0.441. The summed E-state index contributed by atoms with van der Waals surface area (Å²) >= 11 is 0. The summed E-state index contributed by atoms with van der Waals surface area (Å²) in [4.78, 5) is 12.0. The van der Waals surface area contributed by atoms with Crippen molar-refractivity contribution in [3.05, 3.63) is 59.8 Å². The molecular weight excluding hydrogens is 351 g/mol. The molecule has 0 aliphatic carbocycles. The van der Waals surface area contributed by atoms with Crippen LogP contribution in [0.5, 0.6) is 0 Å². The molecule has 0 saturated heterocycles. The third-order valence-electron chi connectivity index (χ3n) is 2.98. The molecule has 1 aromatic carbocycles. The van der Waals surface area contributed by atoms with Crippen LogP contribution < -0.4 is 5.32 Å². The number of rotatable bonds is 9.